The number of hydrogen-bond donors (Lipinski definition) is 3. The molecule has 0 aromatic heterocycles. The maximum atomic E-state index is 12.5. The first-order valence-electron chi connectivity index (χ1n) is 33.9. The number of hydrogen-bond acceptors (Lipinski definition) is 5. The van der Waals surface area contributed by atoms with E-state index in [9.17, 15) is 19.8 Å². The fraction of sp³-hybridized carbons (Fsp3) is 0.941. The molecule has 0 aliphatic heterocycles. The second kappa shape index (κ2) is 64.1. The smallest absolute Gasteiger partial charge is 0.305 e. The molecule has 3 N–H and O–H groups in total. The van der Waals surface area contributed by atoms with Crippen molar-refractivity contribution in [1.82, 2.24) is 5.32 Å². The number of carbonyl (C=O) groups excluding carboxylic acids is 2. The Kier molecular flexibility index (Phi) is 62.9. The van der Waals surface area contributed by atoms with Gasteiger partial charge in [-0.2, -0.15) is 0 Å². The van der Waals surface area contributed by atoms with E-state index in [1.807, 2.05) is 0 Å². The molecule has 6 heteroatoms. The van der Waals surface area contributed by atoms with Gasteiger partial charge in [-0.3, -0.25) is 9.59 Å². The third kappa shape index (κ3) is 59.8. The second-order valence-corrected chi connectivity index (χ2v) is 23.5. The lowest BCUT2D eigenvalue weighted by molar-refractivity contribution is -0.143. The van der Waals surface area contributed by atoms with Crippen LogP contribution in [0.15, 0.2) is 12.2 Å². The number of esters is 1. The predicted octanol–water partition coefficient (Wildman–Crippen LogP) is 21.6. The zero-order chi connectivity index (χ0) is 53.6. The molecule has 0 aromatic rings. The van der Waals surface area contributed by atoms with E-state index in [-0.39, 0.29) is 18.5 Å². The van der Waals surface area contributed by atoms with Crippen LogP contribution < -0.4 is 5.32 Å². The molecular weight excluding hydrogens is 911 g/mol. The Balaban J connectivity index is 3.36. The highest BCUT2D eigenvalue weighted by Crippen LogP contribution is 2.19. The largest absolute Gasteiger partial charge is 0.466 e. The van der Waals surface area contributed by atoms with E-state index in [4.69, 9.17) is 4.74 Å². The molecule has 6 nitrogen and oxygen atoms in total. The Morgan fingerprint density at radius 3 is 1.00 bits per heavy atom. The molecule has 0 saturated heterocycles. The number of carbonyl (C=O) groups is 2. The van der Waals surface area contributed by atoms with Gasteiger partial charge in [-0.05, 0) is 44.9 Å². The number of unbranched alkanes of at least 4 members (excludes halogenated alkanes) is 51. The van der Waals surface area contributed by atoms with Crippen LogP contribution in [0.3, 0.4) is 0 Å². The Labute approximate surface area is 463 Å². The van der Waals surface area contributed by atoms with Gasteiger partial charge in [0.2, 0.25) is 5.91 Å². The van der Waals surface area contributed by atoms with Crippen LogP contribution in [0.1, 0.15) is 386 Å². The first kappa shape index (κ1) is 72.6. The lowest BCUT2D eigenvalue weighted by Gasteiger charge is -2.22. The lowest BCUT2D eigenvalue weighted by atomic mass is 10.0. The number of aliphatic hydroxyl groups excluding tert-OH is 2. The van der Waals surface area contributed by atoms with Crippen LogP contribution >= 0.6 is 0 Å². The normalized spacial score (nSPS) is 12.5. The van der Waals surface area contributed by atoms with E-state index in [2.05, 4.69) is 31.3 Å². The van der Waals surface area contributed by atoms with Gasteiger partial charge in [-0.15, -0.1) is 0 Å². The summed E-state index contributed by atoms with van der Waals surface area (Å²) in [5.41, 5.74) is 0. The molecule has 74 heavy (non-hydrogen) atoms. The van der Waals surface area contributed by atoms with Gasteiger partial charge in [0.1, 0.15) is 0 Å². The number of rotatable bonds is 64. The molecule has 0 heterocycles. The van der Waals surface area contributed by atoms with Crippen LogP contribution in [0.4, 0.5) is 0 Å². The zero-order valence-corrected chi connectivity index (χ0v) is 50.4. The third-order valence-electron chi connectivity index (χ3n) is 16.1. The van der Waals surface area contributed by atoms with E-state index in [0.29, 0.717) is 25.9 Å². The molecule has 2 unspecified atom stereocenters. The molecule has 0 rings (SSSR count). The van der Waals surface area contributed by atoms with Gasteiger partial charge in [0.05, 0.1) is 25.4 Å². The van der Waals surface area contributed by atoms with Gasteiger partial charge in [0.25, 0.3) is 0 Å². The first-order valence-corrected chi connectivity index (χ1v) is 33.9. The number of nitrogens with one attached hydrogen (secondary N) is 1. The van der Waals surface area contributed by atoms with E-state index in [0.717, 1.165) is 44.9 Å². The minimum atomic E-state index is -0.663. The molecular formula is C68H133NO5. The van der Waals surface area contributed by atoms with Crippen LogP contribution in [0.2, 0.25) is 0 Å². The van der Waals surface area contributed by atoms with Crippen molar-refractivity contribution >= 4 is 11.9 Å². The van der Waals surface area contributed by atoms with Crippen molar-refractivity contribution < 1.29 is 24.5 Å². The molecule has 0 saturated carbocycles. The van der Waals surface area contributed by atoms with Crippen molar-refractivity contribution in [3.8, 4) is 0 Å². The summed E-state index contributed by atoms with van der Waals surface area (Å²) in [6, 6.07) is -0.540. The predicted molar refractivity (Wildman–Crippen MR) is 324 cm³/mol. The van der Waals surface area contributed by atoms with E-state index in [1.165, 1.54) is 308 Å². The Morgan fingerprint density at radius 1 is 0.365 bits per heavy atom. The van der Waals surface area contributed by atoms with Gasteiger partial charge < -0.3 is 20.3 Å². The molecule has 0 aliphatic carbocycles. The average Bonchev–Trinajstić information content (AvgIpc) is 3.40. The number of aliphatic hydroxyl groups is 2. The van der Waals surface area contributed by atoms with Gasteiger partial charge in [0.15, 0.2) is 0 Å². The molecule has 0 fully saturated rings. The number of ether oxygens (including phenoxy) is 1. The molecule has 2 atom stereocenters. The minimum Gasteiger partial charge on any atom is -0.466 e. The quantitative estimate of drug-likeness (QED) is 0.0320. The van der Waals surface area contributed by atoms with E-state index in [1.54, 1.807) is 0 Å². The summed E-state index contributed by atoms with van der Waals surface area (Å²) in [7, 11) is 0. The van der Waals surface area contributed by atoms with Gasteiger partial charge in [0, 0.05) is 12.8 Å². The first-order chi connectivity index (χ1) is 36.5. The Bertz CT molecular complexity index is 1110. The minimum absolute atomic E-state index is 0.00618. The fourth-order valence-corrected chi connectivity index (χ4v) is 10.9. The summed E-state index contributed by atoms with van der Waals surface area (Å²) in [5, 5.41) is 23.4. The van der Waals surface area contributed by atoms with Crippen molar-refractivity contribution in [3.05, 3.63) is 12.2 Å². The fourth-order valence-electron chi connectivity index (χ4n) is 10.9. The summed E-state index contributed by atoms with van der Waals surface area (Å²) in [6.45, 7) is 4.95. The number of amides is 1. The molecule has 0 aromatic carbocycles. The molecule has 0 aliphatic rings. The SMILES string of the molecule is CCCC/C=C\CCCCCCCC(=O)OCCCCCCCCCCCCCCCCCCCCCCCCCCCC(=O)NC(CO)C(O)CCCCCCCCCCCCCCCCCCCCCCC. The third-order valence-corrected chi connectivity index (χ3v) is 16.1. The monoisotopic (exact) mass is 1040 g/mol. The molecule has 440 valence electrons. The van der Waals surface area contributed by atoms with Crippen LogP contribution in [0.5, 0.6) is 0 Å². The summed E-state index contributed by atoms with van der Waals surface area (Å²) in [6.07, 6.45) is 78.2. The van der Waals surface area contributed by atoms with Crippen LogP contribution in [0, 0.1) is 0 Å². The van der Waals surface area contributed by atoms with Crippen molar-refractivity contribution in [2.75, 3.05) is 13.2 Å². The maximum Gasteiger partial charge on any atom is 0.305 e. The van der Waals surface area contributed by atoms with Crippen LogP contribution in [-0.2, 0) is 14.3 Å². The van der Waals surface area contributed by atoms with Crippen molar-refractivity contribution in [1.29, 1.82) is 0 Å². The maximum absolute atomic E-state index is 12.5. The Hall–Kier alpha value is -1.40. The zero-order valence-electron chi connectivity index (χ0n) is 50.4. The summed E-state index contributed by atoms with van der Waals surface area (Å²) < 4.78 is 5.47. The van der Waals surface area contributed by atoms with E-state index >= 15 is 0 Å². The second-order valence-electron chi connectivity index (χ2n) is 23.5. The van der Waals surface area contributed by atoms with E-state index < -0.39 is 12.1 Å². The standard InChI is InChI=1S/C68H133NO5/c1-3-5-7-9-11-13-15-16-17-18-19-25-28-31-34-37-41-44-48-52-56-60-66(71)65(64-70)69-67(72)61-57-53-49-45-42-38-35-32-29-26-23-21-20-22-24-27-30-33-36-39-43-47-51-55-59-63-74-68(73)62-58-54-50-46-40-14-12-10-8-6-4-2/h10,12,65-66,70-71H,3-9,11,13-64H2,1-2H3,(H,69,72)/b12-10-. The van der Waals surface area contributed by atoms with Gasteiger partial charge in [-0.25, -0.2) is 0 Å². The molecule has 0 bridgehead atoms. The lowest BCUT2D eigenvalue weighted by Crippen LogP contribution is -2.45. The Morgan fingerprint density at radius 2 is 0.649 bits per heavy atom. The summed E-state index contributed by atoms with van der Waals surface area (Å²) >= 11 is 0. The van der Waals surface area contributed by atoms with Gasteiger partial charge >= 0.3 is 5.97 Å². The van der Waals surface area contributed by atoms with Crippen molar-refractivity contribution in [2.24, 2.45) is 0 Å². The molecule has 0 radical (unpaired) electrons. The highest BCUT2D eigenvalue weighted by atomic mass is 16.5. The topological polar surface area (TPSA) is 95.9 Å². The van der Waals surface area contributed by atoms with Crippen LogP contribution in [0.25, 0.3) is 0 Å². The molecule has 1 amide bonds. The number of allylic oxidation sites excluding steroid dienone is 2. The summed E-state index contributed by atoms with van der Waals surface area (Å²) in [5.74, 6) is -0.0225. The average molecular weight is 1040 g/mol. The van der Waals surface area contributed by atoms with Crippen LogP contribution in [-0.4, -0.2) is 47.4 Å². The van der Waals surface area contributed by atoms with Crippen molar-refractivity contribution in [3.63, 3.8) is 0 Å². The van der Waals surface area contributed by atoms with Crippen molar-refractivity contribution in [2.45, 2.75) is 398 Å². The highest BCUT2D eigenvalue weighted by molar-refractivity contribution is 5.76. The highest BCUT2D eigenvalue weighted by Gasteiger charge is 2.20. The summed E-state index contributed by atoms with van der Waals surface area (Å²) in [4.78, 5) is 24.5. The molecule has 0 spiro atoms. The van der Waals surface area contributed by atoms with Gasteiger partial charge in [-0.1, -0.05) is 341 Å².